The fourth-order valence-electron chi connectivity index (χ4n) is 2.70. The number of aryl methyl sites for hydroxylation is 1. The van der Waals surface area contributed by atoms with Crippen LogP contribution in [0.4, 0.5) is 17.1 Å². The Morgan fingerprint density at radius 2 is 1.89 bits per heavy atom. The van der Waals surface area contributed by atoms with Crippen LogP contribution in [-0.2, 0) is 6.42 Å². The van der Waals surface area contributed by atoms with Crippen molar-refractivity contribution in [2.45, 2.75) is 13.3 Å². The van der Waals surface area contributed by atoms with E-state index in [9.17, 15) is 0 Å². The van der Waals surface area contributed by atoms with Crippen LogP contribution in [0.25, 0.3) is 0 Å². The molecular formula is C16H18N2. The van der Waals surface area contributed by atoms with Crippen LogP contribution in [0.5, 0.6) is 0 Å². The highest BCUT2D eigenvalue weighted by Crippen LogP contribution is 2.36. The van der Waals surface area contributed by atoms with Crippen LogP contribution in [0.3, 0.4) is 0 Å². The summed E-state index contributed by atoms with van der Waals surface area (Å²) in [5.74, 6) is 0. The molecule has 0 bridgehead atoms. The van der Waals surface area contributed by atoms with Gasteiger partial charge < -0.3 is 10.2 Å². The van der Waals surface area contributed by atoms with Crippen LogP contribution in [-0.4, -0.2) is 13.6 Å². The number of hydrogen-bond acceptors (Lipinski definition) is 2. The first kappa shape index (κ1) is 11.1. The molecule has 0 aromatic heterocycles. The van der Waals surface area contributed by atoms with E-state index in [0.29, 0.717) is 0 Å². The Bertz CT molecular complexity index is 575. The molecule has 0 atom stereocenters. The number of nitrogens with one attached hydrogen (secondary N) is 1. The van der Waals surface area contributed by atoms with Crippen LogP contribution in [0.2, 0.25) is 0 Å². The Labute approximate surface area is 108 Å². The van der Waals surface area contributed by atoms with E-state index in [0.717, 1.165) is 13.0 Å². The first-order chi connectivity index (χ1) is 8.79. The Kier molecular flexibility index (Phi) is 2.71. The topological polar surface area (TPSA) is 15.3 Å². The van der Waals surface area contributed by atoms with Crippen LogP contribution in [0.1, 0.15) is 11.1 Å². The summed E-state index contributed by atoms with van der Waals surface area (Å²) in [4.78, 5) is 2.42. The lowest BCUT2D eigenvalue weighted by molar-refractivity contribution is 0.993. The SMILES string of the molecule is CNc1ccc(N2CCc3ccccc32)c(C)c1. The zero-order valence-electron chi connectivity index (χ0n) is 10.9. The van der Waals surface area contributed by atoms with Crippen molar-refractivity contribution < 1.29 is 0 Å². The van der Waals surface area contributed by atoms with Crippen molar-refractivity contribution in [2.75, 3.05) is 23.8 Å². The molecule has 18 heavy (non-hydrogen) atoms. The van der Waals surface area contributed by atoms with Crippen molar-refractivity contribution in [3.63, 3.8) is 0 Å². The van der Waals surface area contributed by atoms with E-state index in [2.05, 4.69) is 59.6 Å². The lowest BCUT2D eigenvalue weighted by Crippen LogP contribution is -2.14. The van der Waals surface area contributed by atoms with Gasteiger partial charge in [0.25, 0.3) is 0 Å². The van der Waals surface area contributed by atoms with Gasteiger partial charge in [-0.2, -0.15) is 0 Å². The molecule has 0 radical (unpaired) electrons. The largest absolute Gasteiger partial charge is 0.388 e. The lowest BCUT2D eigenvalue weighted by Gasteiger charge is -2.22. The van der Waals surface area contributed by atoms with E-state index in [1.54, 1.807) is 0 Å². The summed E-state index contributed by atoms with van der Waals surface area (Å²) in [5, 5.41) is 3.19. The van der Waals surface area contributed by atoms with Gasteiger partial charge in [0.15, 0.2) is 0 Å². The number of para-hydroxylation sites is 1. The highest BCUT2D eigenvalue weighted by Gasteiger charge is 2.20. The predicted molar refractivity (Wildman–Crippen MR) is 77.9 cm³/mol. The fourth-order valence-corrected chi connectivity index (χ4v) is 2.70. The van der Waals surface area contributed by atoms with E-state index < -0.39 is 0 Å². The van der Waals surface area contributed by atoms with Crippen molar-refractivity contribution in [3.05, 3.63) is 53.6 Å². The van der Waals surface area contributed by atoms with E-state index in [4.69, 9.17) is 0 Å². The van der Waals surface area contributed by atoms with Gasteiger partial charge in [0, 0.05) is 30.7 Å². The molecule has 92 valence electrons. The molecule has 0 spiro atoms. The molecule has 2 nitrogen and oxygen atoms in total. The standard InChI is InChI=1S/C16H18N2/c1-12-11-14(17-2)7-8-15(12)18-10-9-13-5-3-4-6-16(13)18/h3-8,11,17H,9-10H2,1-2H3. The van der Waals surface area contributed by atoms with Crippen molar-refractivity contribution in [1.29, 1.82) is 0 Å². The van der Waals surface area contributed by atoms with Crippen molar-refractivity contribution in [2.24, 2.45) is 0 Å². The molecule has 0 saturated heterocycles. The molecule has 2 heteroatoms. The maximum atomic E-state index is 3.19. The molecule has 3 rings (SSSR count). The zero-order chi connectivity index (χ0) is 12.5. The minimum atomic E-state index is 1.08. The summed E-state index contributed by atoms with van der Waals surface area (Å²) in [6.45, 7) is 3.26. The summed E-state index contributed by atoms with van der Waals surface area (Å²) in [7, 11) is 1.96. The normalized spacial score (nSPS) is 13.6. The maximum Gasteiger partial charge on any atom is 0.0444 e. The van der Waals surface area contributed by atoms with Crippen LogP contribution >= 0.6 is 0 Å². The maximum absolute atomic E-state index is 3.19. The molecule has 1 aliphatic heterocycles. The molecular weight excluding hydrogens is 220 g/mol. The second-order valence-corrected chi connectivity index (χ2v) is 4.78. The Hall–Kier alpha value is -1.96. The molecule has 0 unspecified atom stereocenters. The second-order valence-electron chi connectivity index (χ2n) is 4.78. The first-order valence-electron chi connectivity index (χ1n) is 6.43. The summed E-state index contributed by atoms with van der Waals surface area (Å²) in [5.41, 5.74) is 6.62. The number of hydrogen-bond donors (Lipinski definition) is 1. The molecule has 2 aromatic carbocycles. The van der Waals surface area contributed by atoms with Crippen molar-refractivity contribution in [3.8, 4) is 0 Å². The lowest BCUT2D eigenvalue weighted by atomic mass is 10.1. The molecule has 1 aliphatic rings. The van der Waals surface area contributed by atoms with Crippen LogP contribution in [0.15, 0.2) is 42.5 Å². The number of fused-ring (bicyclic) bond motifs is 1. The van der Waals surface area contributed by atoms with Gasteiger partial charge >= 0.3 is 0 Å². The van der Waals surface area contributed by atoms with Gasteiger partial charge in [-0.25, -0.2) is 0 Å². The number of rotatable bonds is 2. The molecule has 0 amide bonds. The Morgan fingerprint density at radius 1 is 1.06 bits per heavy atom. The summed E-state index contributed by atoms with van der Waals surface area (Å²) >= 11 is 0. The third kappa shape index (κ3) is 1.74. The highest BCUT2D eigenvalue weighted by molar-refractivity contribution is 5.73. The third-order valence-electron chi connectivity index (χ3n) is 3.66. The first-order valence-corrected chi connectivity index (χ1v) is 6.43. The average Bonchev–Trinajstić information content (AvgIpc) is 2.82. The predicted octanol–water partition coefficient (Wildman–Crippen LogP) is 3.73. The van der Waals surface area contributed by atoms with Gasteiger partial charge in [0.2, 0.25) is 0 Å². The van der Waals surface area contributed by atoms with E-state index in [-0.39, 0.29) is 0 Å². The minimum absolute atomic E-state index is 1.08. The van der Waals surface area contributed by atoms with E-state index in [1.807, 2.05) is 7.05 Å². The van der Waals surface area contributed by atoms with Gasteiger partial charge in [0.05, 0.1) is 0 Å². The van der Waals surface area contributed by atoms with Gasteiger partial charge in [0.1, 0.15) is 0 Å². The highest BCUT2D eigenvalue weighted by atomic mass is 15.2. The summed E-state index contributed by atoms with van der Waals surface area (Å²) in [6, 6.07) is 15.2. The monoisotopic (exact) mass is 238 g/mol. The van der Waals surface area contributed by atoms with Crippen LogP contribution in [0, 0.1) is 6.92 Å². The number of nitrogens with zero attached hydrogens (tertiary/aromatic N) is 1. The molecule has 1 N–H and O–H groups in total. The average molecular weight is 238 g/mol. The van der Waals surface area contributed by atoms with Crippen LogP contribution < -0.4 is 10.2 Å². The number of anilines is 3. The minimum Gasteiger partial charge on any atom is -0.388 e. The molecule has 2 aromatic rings. The van der Waals surface area contributed by atoms with E-state index >= 15 is 0 Å². The molecule has 0 fully saturated rings. The van der Waals surface area contributed by atoms with E-state index in [1.165, 1.54) is 28.2 Å². The van der Waals surface area contributed by atoms with Gasteiger partial charge in [-0.3, -0.25) is 0 Å². The molecule has 0 saturated carbocycles. The zero-order valence-corrected chi connectivity index (χ0v) is 10.9. The quantitative estimate of drug-likeness (QED) is 0.857. The van der Waals surface area contributed by atoms with Crippen molar-refractivity contribution >= 4 is 17.1 Å². The van der Waals surface area contributed by atoms with Crippen molar-refractivity contribution in [1.82, 2.24) is 0 Å². The smallest absolute Gasteiger partial charge is 0.0444 e. The molecule has 1 heterocycles. The van der Waals surface area contributed by atoms with Gasteiger partial charge in [-0.15, -0.1) is 0 Å². The summed E-state index contributed by atoms with van der Waals surface area (Å²) < 4.78 is 0. The second kappa shape index (κ2) is 4.37. The molecule has 0 aliphatic carbocycles. The number of benzene rings is 2. The van der Waals surface area contributed by atoms with Gasteiger partial charge in [-0.1, -0.05) is 18.2 Å². The van der Waals surface area contributed by atoms with Gasteiger partial charge in [-0.05, 0) is 48.7 Å². The Balaban J connectivity index is 2.02. The fraction of sp³-hybridized carbons (Fsp3) is 0.250. The Morgan fingerprint density at radius 3 is 2.67 bits per heavy atom. The summed E-state index contributed by atoms with van der Waals surface area (Å²) in [6.07, 6.45) is 1.14. The third-order valence-corrected chi connectivity index (χ3v) is 3.66.